The van der Waals surface area contributed by atoms with Crippen molar-refractivity contribution in [3.8, 4) is 0 Å². The molecule has 0 N–H and O–H groups in total. The third kappa shape index (κ3) is 1.65. The molecule has 2 rings (SSSR count). The number of rotatable bonds is 2. The molecule has 0 aromatic heterocycles. The van der Waals surface area contributed by atoms with E-state index in [0.717, 1.165) is 18.8 Å². The quantitative estimate of drug-likeness (QED) is 0.635. The summed E-state index contributed by atoms with van der Waals surface area (Å²) in [4.78, 5) is 11.3. The lowest BCUT2D eigenvalue weighted by Gasteiger charge is -2.29. The zero-order chi connectivity index (χ0) is 9.31. The second kappa shape index (κ2) is 3.64. The lowest BCUT2D eigenvalue weighted by atomic mass is 9.74. The number of hydrogen-bond donors (Lipinski definition) is 0. The highest BCUT2D eigenvalue weighted by Crippen LogP contribution is 2.49. The first-order chi connectivity index (χ1) is 6.27. The van der Waals surface area contributed by atoms with Gasteiger partial charge >= 0.3 is 0 Å². The van der Waals surface area contributed by atoms with Crippen molar-refractivity contribution >= 4 is 18.0 Å². The normalized spacial score (nSPS) is 45.3. The monoisotopic (exact) mass is 198 g/mol. The molecule has 0 amide bonds. The SMILES string of the molecule is CC1CCC(C=O)(C2CCSC2)C1. The maximum absolute atomic E-state index is 11.3. The van der Waals surface area contributed by atoms with Gasteiger partial charge in [0.2, 0.25) is 0 Å². The predicted molar refractivity (Wildman–Crippen MR) is 56.9 cm³/mol. The van der Waals surface area contributed by atoms with Crippen molar-refractivity contribution in [3.63, 3.8) is 0 Å². The zero-order valence-corrected chi connectivity index (χ0v) is 9.11. The number of hydrogen-bond acceptors (Lipinski definition) is 2. The Hall–Kier alpha value is 0.0200. The van der Waals surface area contributed by atoms with Crippen LogP contribution in [0.15, 0.2) is 0 Å². The van der Waals surface area contributed by atoms with Crippen LogP contribution in [-0.4, -0.2) is 17.8 Å². The second-order valence-electron chi connectivity index (χ2n) is 4.76. The molecule has 2 heteroatoms. The summed E-state index contributed by atoms with van der Waals surface area (Å²) >= 11 is 2.03. The molecule has 3 unspecified atom stereocenters. The fourth-order valence-electron chi connectivity index (χ4n) is 2.93. The second-order valence-corrected chi connectivity index (χ2v) is 5.91. The van der Waals surface area contributed by atoms with Crippen LogP contribution < -0.4 is 0 Å². The van der Waals surface area contributed by atoms with Crippen LogP contribution in [0.1, 0.15) is 32.6 Å². The lowest BCUT2D eigenvalue weighted by molar-refractivity contribution is -0.118. The van der Waals surface area contributed by atoms with Crippen LogP contribution in [0.25, 0.3) is 0 Å². The van der Waals surface area contributed by atoms with Gasteiger partial charge in [0.05, 0.1) is 0 Å². The molecule has 0 aromatic rings. The molecule has 2 fully saturated rings. The standard InChI is InChI=1S/C11H18OS/c1-9-2-4-11(6-9,8-12)10-3-5-13-7-10/h8-10H,2-7H2,1H3. The summed E-state index contributed by atoms with van der Waals surface area (Å²) in [5, 5.41) is 0. The molecule has 0 bridgehead atoms. The van der Waals surface area contributed by atoms with Gasteiger partial charge in [-0.1, -0.05) is 6.92 Å². The van der Waals surface area contributed by atoms with E-state index in [4.69, 9.17) is 0 Å². The van der Waals surface area contributed by atoms with E-state index in [9.17, 15) is 4.79 Å². The van der Waals surface area contributed by atoms with Crippen molar-refractivity contribution in [2.24, 2.45) is 17.3 Å². The molecule has 1 aliphatic carbocycles. The average Bonchev–Trinajstić information content (AvgIpc) is 2.73. The van der Waals surface area contributed by atoms with Crippen molar-refractivity contribution in [2.45, 2.75) is 32.6 Å². The van der Waals surface area contributed by atoms with Crippen LogP contribution in [0.3, 0.4) is 0 Å². The average molecular weight is 198 g/mol. The van der Waals surface area contributed by atoms with Crippen LogP contribution in [0, 0.1) is 17.3 Å². The van der Waals surface area contributed by atoms with E-state index in [2.05, 4.69) is 6.92 Å². The summed E-state index contributed by atoms with van der Waals surface area (Å²) in [5.74, 6) is 3.97. The third-order valence-electron chi connectivity index (χ3n) is 3.81. The van der Waals surface area contributed by atoms with Crippen LogP contribution in [-0.2, 0) is 4.79 Å². The molecule has 0 radical (unpaired) electrons. The number of carbonyl (C=O) groups is 1. The van der Waals surface area contributed by atoms with Gasteiger partial charge in [-0.15, -0.1) is 0 Å². The Balaban J connectivity index is 2.10. The molecule has 0 spiro atoms. The highest BCUT2D eigenvalue weighted by molar-refractivity contribution is 7.99. The van der Waals surface area contributed by atoms with Crippen LogP contribution in [0.4, 0.5) is 0 Å². The molecule has 2 aliphatic rings. The van der Waals surface area contributed by atoms with E-state index in [1.54, 1.807) is 0 Å². The zero-order valence-electron chi connectivity index (χ0n) is 8.29. The summed E-state index contributed by atoms with van der Waals surface area (Å²) in [7, 11) is 0. The molecule has 1 saturated carbocycles. The van der Waals surface area contributed by atoms with Crippen molar-refractivity contribution in [2.75, 3.05) is 11.5 Å². The van der Waals surface area contributed by atoms with Crippen molar-refractivity contribution < 1.29 is 4.79 Å². The summed E-state index contributed by atoms with van der Waals surface area (Å²) in [5.41, 5.74) is 0.0862. The van der Waals surface area contributed by atoms with Gasteiger partial charge in [0.25, 0.3) is 0 Å². The van der Waals surface area contributed by atoms with E-state index < -0.39 is 0 Å². The molecule has 13 heavy (non-hydrogen) atoms. The fraction of sp³-hybridized carbons (Fsp3) is 0.909. The first-order valence-electron chi connectivity index (χ1n) is 5.31. The lowest BCUT2D eigenvalue weighted by Crippen LogP contribution is -2.29. The molecular weight excluding hydrogens is 180 g/mol. The van der Waals surface area contributed by atoms with Gasteiger partial charge in [0, 0.05) is 5.41 Å². The molecule has 1 aliphatic heterocycles. The highest BCUT2D eigenvalue weighted by Gasteiger charge is 2.44. The minimum atomic E-state index is 0.0862. The molecule has 74 valence electrons. The Morgan fingerprint density at radius 1 is 1.46 bits per heavy atom. The molecule has 3 atom stereocenters. The van der Waals surface area contributed by atoms with Crippen LogP contribution >= 0.6 is 11.8 Å². The maximum Gasteiger partial charge on any atom is 0.126 e. The predicted octanol–water partition coefficient (Wildman–Crippen LogP) is 2.74. The summed E-state index contributed by atoms with van der Waals surface area (Å²) < 4.78 is 0. The topological polar surface area (TPSA) is 17.1 Å². The summed E-state index contributed by atoms with van der Waals surface area (Å²) in [6.07, 6.45) is 6.13. The molecule has 0 aromatic carbocycles. The number of aldehydes is 1. The molecule has 1 saturated heterocycles. The smallest absolute Gasteiger partial charge is 0.126 e. The van der Waals surface area contributed by atoms with E-state index >= 15 is 0 Å². The van der Waals surface area contributed by atoms with Crippen molar-refractivity contribution in [1.82, 2.24) is 0 Å². The minimum absolute atomic E-state index is 0.0862. The van der Waals surface area contributed by atoms with E-state index in [0.29, 0.717) is 5.92 Å². The number of thioether (sulfide) groups is 1. The van der Waals surface area contributed by atoms with Crippen LogP contribution in [0.5, 0.6) is 0 Å². The van der Waals surface area contributed by atoms with Crippen molar-refractivity contribution in [1.29, 1.82) is 0 Å². The molecule has 1 heterocycles. The Bertz CT molecular complexity index is 198. The van der Waals surface area contributed by atoms with Crippen LogP contribution in [0.2, 0.25) is 0 Å². The number of carbonyl (C=O) groups excluding carboxylic acids is 1. The minimum Gasteiger partial charge on any atom is -0.303 e. The maximum atomic E-state index is 11.3. The Labute approximate surface area is 84.7 Å². The van der Waals surface area contributed by atoms with Gasteiger partial charge in [-0.25, -0.2) is 0 Å². The van der Waals surface area contributed by atoms with Crippen molar-refractivity contribution in [3.05, 3.63) is 0 Å². The molecular formula is C11H18OS. The summed E-state index contributed by atoms with van der Waals surface area (Å²) in [6, 6.07) is 0. The highest BCUT2D eigenvalue weighted by atomic mass is 32.2. The molecule has 1 nitrogen and oxygen atoms in total. The first kappa shape index (κ1) is 9.57. The summed E-state index contributed by atoms with van der Waals surface area (Å²) in [6.45, 7) is 2.29. The van der Waals surface area contributed by atoms with Gasteiger partial charge in [0.1, 0.15) is 6.29 Å². The van der Waals surface area contributed by atoms with E-state index in [1.165, 1.54) is 30.6 Å². The Morgan fingerprint density at radius 2 is 2.31 bits per heavy atom. The first-order valence-corrected chi connectivity index (χ1v) is 6.46. The third-order valence-corrected chi connectivity index (χ3v) is 4.97. The van der Waals surface area contributed by atoms with Gasteiger partial charge < -0.3 is 4.79 Å². The van der Waals surface area contributed by atoms with Gasteiger partial charge in [0.15, 0.2) is 0 Å². The largest absolute Gasteiger partial charge is 0.303 e. The Kier molecular flexibility index (Phi) is 2.68. The van der Waals surface area contributed by atoms with Gasteiger partial charge in [-0.3, -0.25) is 0 Å². The van der Waals surface area contributed by atoms with E-state index in [-0.39, 0.29) is 5.41 Å². The van der Waals surface area contributed by atoms with E-state index in [1.807, 2.05) is 11.8 Å². The van der Waals surface area contributed by atoms with Gasteiger partial charge in [-0.2, -0.15) is 11.8 Å². The fourth-order valence-corrected chi connectivity index (χ4v) is 4.33. The van der Waals surface area contributed by atoms with Gasteiger partial charge in [-0.05, 0) is 49.0 Å². The Morgan fingerprint density at radius 3 is 2.77 bits per heavy atom.